The number of benzene rings is 2. The van der Waals surface area contributed by atoms with Gasteiger partial charge in [0.1, 0.15) is 16.6 Å². The largest absolute Gasteiger partial charge is 0.360 e. The Labute approximate surface area is 145 Å². The maximum absolute atomic E-state index is 9.47. The third-order valence-corrected chi connectivity index (χ3v) is 4.78. The SMILES string of the molecule is Cc1cccc(N/C=C(/C#N)c2nc(-c3ccccc3)cs2)c1C. The predicted octanol–water partition coefficient (Wildman–Crippen LogP) is 5.40. The van der Waals surface area contributed by atoms with Crippen LogP contribution in [0.2, 0.25) is 0 Å². The maximum atomic E-state index is 9.47. The molecule has 0 aliphatic carbocycles. The smallest absolute Gasteiger partial charge is 0.136 e. The lowest BCUT2D eigenvalue weighted by Crippen LogP contribution is -1.95. The highest BCUT2D eigenvalue weighted by atomic mass is 32.1. The number of allylic oxidation sites excluding steroid dienone is 1. The van der Waals surface area contributed by atoms with Crippen molar-refractivity contribution in [3.05, 3.63) is 76.2 Å². The number of aryl methyl sites for hydroxylation is 1. The van der Waals surface area contributed by atoms with Crippen LogP contribution < -0.4 is 5.32 Å². The van der Waals surface area contributed by atoms with E-state index in [-0.39, 0.29) is 0 Å². The fraction of sp³-hybridized carbons (Fsp3) is 0.100. The average Bonchev–Trinajstić information content (AvgIpc) is 3.10. The van der Waals surface area contributed by atoms with Gasteiger partial charge in [-0.15, -0.1) is 11.3 Å². The Morgan fingerprint density at radius 2 is 1.92 bits per heavy atom. The first kappa shape index (κ1) is 16.0. The molecule has 0 amide bonds. The highest BCUT2D eigenvalue weighted by molar-refractivity contribution is 7.11. The molecule has 0 aliphatic rings. The van der Waals surface area contributed by atoms with Crippen LogP contribution in [-0.2, 0) is 0 Å². The van der Waals surface area contributed by atoms with Crippen molar-refractivity contribution in [2.45, 2.75) is 13.8 Å². The highest BCUT2D eigenvalue weighted by Crippen LogP contribution is 2.26. The molecule has 3 rings (SSSR count). The third-order valence-electron chi connectivity index (χ3n) is 3.90. The van der Waals surface area contributed by atoms with E-state index in [4.69, 9.17) is 0 Å². The summed E-state index contributed by atoms with van der Waals surface area (Å²) >= 11 is 1.48. The Kier molecular flexibility index (Phi) is 4.74. The summed E-state index contributed by atoms with van der Waals surface area (Å²) in [6.45, 7) is 4.14. The van der Waals surface area contributed by atoms with E-state index in [1.807, 2.05) is 47.8 Å². The number of hydrogen-bond donors (Lipinski definition) is 1. The van der Waals surface area contributed by atoms with Gasteiger partial charge in [0.25, 0.3) is 0 Å². The molecule has 0 saturated carbocycles. The Bertz CT molecular complexity index is 918. The molecule has 1 heterocycles. The first-order chi connectivity index (χ1) is 11.7. The van der Waals surface area contributed by atoms with Crippen LogP contribution in [0.5, 0.6) is 0 Å². The van der Waals surface area contributed by atoms with E-state index >= 15 is 0 Å². The van der Waals surface area contributed by atoms with Crippen molar-refractivity contribution in [1.82, 2.24) is 4.98 Å². The molecule has 3 nitrogen and oxygen atoms in total. The summed E-state index contributed by atoms with van der Waals surface area (Å²) in [4.78, 5) is 4.59. The van der Waals surface area contributed by atoms with Gasteiger partial charge in [0, 0.05) is 22.8 Å². The Hall–Kier alpha value is -2.90. The van der Waals surface area contributed by atoms with E-state index in [9.17, 15) is 5.26 Å². The monoisotopic (exact) mass is 331 g/mol. The minimum Gasteiger partial charge on any atom is -0.360 e. The second kappa shape index (κ2) is 7.12. The zero-order chi connectivity index (χ0) is 16.9. The molecule has 1 aromatic heterocycles. The summed E-state index contributed by atoms with van der Waals surface area (Å²) in [5, 5.41) is 15.4. The lowest BCUT2D eigenvalue weighted by atomic mass is 10.1. The minimum absolute atomic E-state index is 0.531. The van der Waals surface area contributed by atoms with Gasteiger partial charge in [-0.05, 0) is 31.0 Å². The van der Waals surface area contributed by atoms with E-state index in [0.717, 1.165) is 16.9 Å². The van der Waals surface area contributed by atoms with Crippen LogP contribution in [0.3, 0.4) is 0 Å². The van der Waals surface area contributed by atoms with Gasteiger partial charge >= 0.3 is 0 Å². The first-order valence-electron chi connectivity index (χ1n) is 7.63. The standard InChI is InChI=1S/C20H17N3S/c1-14-7-6-10-18(15(14)2)22-12-17(11-21)20-23-19(13-24-20)16-8-4-3-5-9-16/h3-10,12-13,22H,1-2H3/b17-12-. The third kappa shape index (κ3) is 3.37. The highest BCUT2D eigenvalue weighted by Gasteiger charge is 2.09. The summed E-state index contributed by atoms with van der Waals surface area (Å²) in [7, 11) is 0. The van der Waals surface area contributed by atoms with Crippen LogP contribution in [0.25, 0.3) is 16.8 Å². The minimum atomic E-state index is 0.531. The molecule has 0 radical (unpaired) electrons. The van der Waals surface area contributed by atoms with Crippen molar-refractivity contribution in [2.75, 3.05) is 5.32 Å². The van der Waals surface area contributed by atoms with Gasteiger partial charge in [-0.3, -0.25) is 0 Å². The van der Waals surface area contributed by atoms with Crippen LogP contribution in [0.15, 0.2) is 60.1 Å². The van der Waals surface area contributed by atoms with Gasteiger partial charge in [0.05, 0.1) is 5.69 Å². The topological polar surface area (TPSA) is 48.7 Å². The summed E-state index contributed by atoms with van der Waals surface area (Å²) in [6.07, 6.45) is 1.73. The Morgan fingerprint density at radius 1 is 1.12 bits per heavy atom. The van der Waals surface area contributed by atoms with Crippen molar-refractivity contribution in [3.8, 4) is 17.3 Å². The second-order valence-electron chi connectivity index (χ2n) is 5.47. The number of nitrogens with one attached hydrogen (secondary N) is 1. The molecule has 0 fully saturated rings. The van der Waals surface area contributed by atoms with E-state index in [1.54, 1.807) is 6.20 Å². The number of rotatable bonds is 4. The maximum Gasteiger partial charge on any atom is 0.136 e. The Balaban J connectivity index is 1.86. The Morgan fingerprint density at radius 3 is 2.67 bits per heavy atom. The van der Waals surface area contributed by atoms with Crippen LogP contribution in [0.4, 0.5) is 5.69 Å². The predicted molar refractivity (Wildman–Crippen MR) is 101 cm³/mol. The van der Waals surface area contributed by atoms with Crippen molar-refractivity contribution < 1.29 is 0 Å². The van der Waals surface area contributed by atoms with Crippen LogP contribution in [0, 0.1) is 25.2 Å². The summed E-state index contributed by atoms with van der Waals surface area (Å²) in [6, 6.07) is 18.3. The van der Waals surface area contributed by atoms with E-state index < -0.39 is 0 Å². The molecule has 0 saturated heterocycles. The summed E-state index contributed by atoms with van der Waals surface area (Å²) in [5.41, 5.74) is 5.87. The number of thiazole rings is 1. The summed E-state index contributed by atoms with van der Waals surface area (Å²) < 4.78 is 0. The quantitative estimate of drug-likeness (QED) is 0.651. The molecular weight excluding hydrogens is 314 g/mol. The van der Waals surface area contributed by atoms with E-state index in [2.05, 4.69) is 36.3 Å². The van der Waals surface area contributed by atoms with Crippen molar-refractivity contribution >= 4 is 22.6 Å². The fourth-order valence-electron chi connectivity index (χ4n) is 2.34. The molecular formula is C20H17N3S. The number of nitriles is 1. The van der Waals surface area contributed by atoms with Gasteiger partial charge in [0.15, 0.2) is 0 Å². The molecule has 0 atom stereocenters. The lowest BCUT2D eigenvalue weighted by Gasteiger charge is -2.08. The van der Waals surface area contributed by atoms with Crippen molar-refractivity contribution in [3.63, 3.8) is 0 Å². The van der Waals surface area contributed by atoms with Crippen LogP contribution >= 0.6 is 11.3 Å². The van der Waals surface area contributed by atoms with Crippen LogP contribution in [-0.4, -0.2) is 4.98 Å². The fourth-order valence-corrected chi connectivity index (χ4v) is 3.13. The average molecular weight is 331 g/mol. The van der Waals surface area contributed by atoms with Gasteiger partial charge < -0.3 is 5.32 Å². The number of nitrogens with zero attached hydrogens (tertiary/aromatic N) is 2. The normalized spacial score (nSPS) is 11.1. The number of anilines is 1. The van der Waals surface area contributed by atoms with Crippen molar-refractivity contribution in [1.29, 1.82) is 5.26 Å². The molecule has 118 valence electrons. The zero-order valence-electron chi connectivity index (χ0n) is 13.6. The molecule has 4 heteroatoms. The van der Waals surface area contributed by atoms with E-state index in [1.165, 1.54) is 22.5 Å². The van der Waals surface area contributed by atoms with Crippen molar-refractivity contribution in [2.24, 2.45) is 0 Å². The van der Waals surface area contributed by atoms with Gasteiger partial charge in [-0.2, -0.15) is 5.26 Å². The number of hydrogen-bond acceptors (Lipinski definition) is 4. The summed E-state index contributed by atoms with van der Waals surface area (Å²) in [5.74, 6) is 0. The van der Waals surface area contributed by atoms with Gasteiger partial charge in [-0.1, -0.05) is 42.5 Å². The molecule has 24 heavy (non-hydrogen) atoms. The molecule has 0 unspecified atom stereocenters. The zero-order valence-corrected chi connectivity index (χ0v) is 14.4. The molecule has 0 spiro atoms. The molecule has 0 aliphatic heterocycles. The second-order valence-corrected chi connectivity index (χ2v) is 6.32. The number of aromatic nitrogens is 1. The van der Waals surface area contributed by atoms with Gasteiger partial charge in [-0.25, -0.2) is 4.98 Å². The molecule has 1 N–H and O–H groups in total. The van der Waals surface area contributed by atoms with Crippen LogP contribution in [0.1, 0.15) is 16.1 Å². The first-order valence-corrected chi connectivity index (χ1v) is 8.51. The molecule has 3 aromatic rings. The van der Waals surface area contributed by atoms with E-state index in [0.29, 0.717) is 10.6 Å². The van der Waals surface area contributed by atoms with Gasteiger partial charge in [0.2, 0.25) is 0 Å². The lowest BCUT2D eigenvalue weighted by molar-refractivity contribution is 1.33. The molecule has 0 bridgehead atoms. The molecule has 2 aromatic carbocycles.